The highest BCUT2D eigenvalue weighted by atomic mass is 16.5. The molecule has 3 heterocycles. The molecule has 146 valence electrons. The summed E-state index contributed by atoms with van der Waals surface area (Å²) in [6.07, 6.45) is 2.74. The van der Waals surface area contributed by atoms with E-state index >= 15 is 0 Å². The highest BCUT2D eigenvalue weighted by Gasteiger charge is 2.35. The van der Waals surface area contributed by atoms with Crippen LogP contribution < -0.4 is 4.74 Å². The molecule has 3 aromatic rings. The van der Waals surface area contributed by atoms with Crippen molar-refractivity contribution < 1.29 is 4.74 Å². The Labute approximate surface area is 165 Å². The van der Waals surface area contributed by atoms with E-state index in [1.807, 2.05) is 10.7 Å². The number of tetrazole rings is 1. The van der Waals surface area contributed by atoms with Gasteiger partial charge >= 0.3 is 0 Å². The maximum atomic E-state index is 5.59. The smallest absolute Gasteiger partial charge is 0.218 e. The number of ether oxygens (including phenoxy) is 1. The van der Waals surface area contributed by atoms with Crippen molar-refractivity contribution >= 4 is 0 Å². The Bertz CT molecular complexity index is 961. The average molecular weight is 378 g/mol. The third-order valence-electron chi connectivity index (χ3n) is 5.19. The molecule has 1 atom stereocenters. The van der Waals surface area contributed by atoms with Gasteiger partial charge in [0.2, 0.25) is 5.88 Å². The van der Waals surface area contributed by atoms with Crippen molar-refractivity contribution in [1.82, 2.24) is 30.1 Å². The second-order valence-corrected chi connectivity index (χ2v) is 8.11. The lowest BCUT2D eigenvalue weighted by atomic mass is 9.96. The lowest BCUT2D eigenvalue weighted by Gasteiger charge is -2.36. The van der Waals surface area contributed by atoms with Crippen LogP contribution in [0.4, 0.5) is 0 Å². The first-order valence-corrected chi connectivity index (χ1v) is 9.57. The van der Waals surface area contributed by atoms with Gasteiger partial charge in [-0.2, -0.15) is 0 Å². The standard InChI is InChI=1S/C21H26N6O/c1-21(2,3)27-19(23-24-25-27)18(17-10-7-12-22-20(17)28-4)26-13-11-15-8-5-6-9-16(15)14-26/h5-10,12,18H,11,13-14H2,1-4H3. The summed E-state index contributed by atoms with van der Waals surface area (Å²) >= 11 is 0. The zero-order valence-corrected chi connectivity index (χ0v) is 16.8. The SMILES string of the molecule is COc1ncccc1C(c1nnnn1C(C)(C)C)N1CCc2ccccc2C1. The van der Waals surface area contributed by atoms with Gasteiger partial charge in [0, 0.05) is 24.8 Å². The van der Waals surface area contributed by atoms with Gasteiger partial charge in [0.15, 0.2) is 5.82 Å². The molecule has 0 aliphatic carbocycles. The first-order valence-electron chi connectivity index (χ1n) is 9.57. The largest absolute Gasteiger partial charge is 0.481 e. The fourth-order valence-electron chi connectivity index (χ4n) is 3.86. The van der Waals surface area contributed by atoms with Gasteiger partial charge in [0.05, 0.1) is 12.6 Å². The van der Waals surface area contributed by atoms with Crippen LogP contribution in [-0.2, 0) is 18.5 Å². The first kappa shape index (κ1) is 18.6. The molecule has 0 saturated heterocycles. The van der Waals surface area contributed by atoms with Gasteiger partial charge in [-0.1, -0.05) is 30.3 Å². The van der Waals surface area contributed by atoms with Crippen LogP contribution in [-0.4, -0.2) is 43.7 Å². The third kappa shape index (κ3) is 3.38. The van der Waals surface area contributed by atoms with Crippen LogP contribution in [0.2, 0.25) is 0 Å². The summed E-state index contributed by atoms with van der Waals surface area (Å²) in [4.78, 5) is 6.84. The Morgan fingerprint density at radius 2 is 1.86 bits per heavy atom. The van der Waals surface area contributed by atoms with E-state index in [9.17, 15) is 0 Å². The van der Waals surface area contributed by atoms with Gasteiger partial charge < -0.3 is 4.74 Å². The second kappa shape index (κ2) is 7.31. The van der Waals surface area contributed by atoms with Gasteiger partial charge in [0.25, 0.3) is 0 Å². The molecular weight excluding hydrogens is 352 g/mol. The predicted octanol–water partition coefficient (Wildman–Crippen LogP) is 2.98. The minimum absolute atomic E-state index is 0.147. The maximum Gasteiger partial charge on any atom is 0.218 e. The summed E-state index contributed by atoms with van der Waals surface area (Å²) < 4.78 is 7.50. The van der Waals surface area contributed by atoms with Crippen LogP contribution in [0, 0.1) is 0 Å². The lowest BCUT2D eigenvalue weighted by molar-refractivity contribution is 0.182. The van der Waals surface area contributed by atoms with E-state index in [2.05, 4.69) is 76.5 Å². The van der Waals surface area contributed by atoms with E-state index in [1.165, 1.54) is 11.1 Å². The Kier molecular flexibility index (Phi) is 4.85. The monoisotopic (exact) mass is 378 g/mol. The molecule has 1 aromatic carbocycles. The number of benzene rings is 1. The normalized spacial score (nSPS) is 15.9. The molecule has 0 amide bonds. The molecule has 1 aliphatic rings. The van der Waals surface area contributed by atoms with E-state index in [4.69, 9.17) is 4.74 Å². The molecule has 0 radical (unpaired) electrons. The Morgan fingerprint density at radius 1 is 1.07 bits per heavy atom. The zero-order chi connectivity index (χ0) is 19.7. The molecule has 28 heavy (non-hydrogen) atoms. The van der Waals surface area contributed by atoms with Crippen molar-refractivity contribution in [1.29, 1.82) is 0 Å². The third-order valence-corrected chi connectivity index (χ3v) is 5.19. The number of nitrogens with zero attached hydrogens (tertiary/aromatic N) is 6. The topological polar surface area (TPSA) is 69.0 Å². The minimum atomic E-state index is -0.236. The Morgan fingerprint density at radius 3 is 2.61 bits per heavy atom. The minimum Gasteiger partial charge on any atom is -0.481 e. The molecule has 1 unspecified atom stereocenters. The van der Waals surface area contributed by atoms with Crippen molar-refractivity contribution in [3.05, 3.63) is 65.1 Å². The Balaban J connectivity index is 1.83. The first-order chi connectivity index (χ1) is 13.5. The summed E-state index contributed by atoms with van der Waals surface area (Å²) in [6, 6.07) is 12.5. The molecule has 2 aromatic heterocycles. The number of aromatic nitrogens is 5. The van der Waals surface area contributed by atoms with E-state index in [0.717, 1.165) is 30.9 Å². The van der Waals surface area contributed by atoms with E-state index in [0.29, 0.717) is 5.88 Å². The van der Waals surface area contributed by atoms with Gasteiger partial charge in [-0.3, -0.25) is 4.90 Å². The van der Waals surface area contributed by atoms with Crippen LogP contribution >= 0.6 is 0 Å². The summed E-state index contributed by atoms with van der Waals surface area (Å²) in [5.41, 5.74) is 3.49. The summed E-state index contributed by atoms with van der Waals surface area (Å²) in [5.74, 6) is 1.41. The Hall–Kier alpha value is -2.80. The van der Waals surface area contributed by atoms with E-state index < -0.39 is 0 Å². The van der Waals surface area contributed by atoms with Gasteiger partial charge in [-0.15, -0.1) is 5.10 Å². The number of pyridine rings is 1. The van der Waals surface area contributed by atoms with Crippen molar-refractivity contribution in [3.63, 3.8) is 0 Å². The molecular formula is C21H26N6O. The fourth-order valence-corrected chi connectivity index (χ4v) is 3.86. The van der Waals surface area contributed by atoms with Crippen molar-refractivity contribution in [3.8, 4) is 5.88 Å². The van der Waals surface area contributed by atoms with Gasteiger partial charge in [0.1, 0.15) is 6.04 Å². The summed E-state index contributed by atoms with van der Waals surface area (Å²) in [7, 11) is 1.65. The highest BCUT2D eigenvalue weighted by molar-refractivity contribution is 5.35. The average Bonchev–Trinajstić information content (AvgIpc) is 3.18. The predicted molar refractivity (Wildman–Crippen MR) is 106 cm³/mol. The van der Waals surface area contributed by atoms with Crippen LogP contribution in [0.15, 0.2) is 42.6 Å². The maximum absolute atomic E-state index is 5.59. The lowest BCUT2D eigenvalue weighted by Crippen LogP contribution is -2.38. The quantitative estimate of drug-likeness (QED) is 0.695. The molecule has 4 rings (SSSR count). The molecule has 0 fully saturated rings. The van der Waals surface area contributed by atoms with Crippen LogP contribution in [0.25, 0.3) is 0 Å². The van der Waals surface area contributed by atoms with Gasteiger partial charge in [-0.25, -0.2) is 9.67 Å². The molecule has 0 saturated carbocycles. The molecule has 7 heteroatoms. The zero-order valence-electron chi connectivity index (χ0n) is 16.8. The number of fused-ring (bicyclic) bond motifs is 1. The molecule has 0 spiro atoms. The number of hydrogen-bond donors (Lipinski definition) is 0. The van der Waals surface area contributed by atoms with Crippen molar-refractivity contribution in [2.24, 2.45) is 0 Å². The number of methoxy groups -OCH3 is 1. The van der Waals surface area contributed by atoms with Crippen LogP contribution in [0.3, 0.4) is 0 Å². The number of hydrogen-bond acceptors (Lipinski definition) is 6. The van der Waals surface area contributed by atoms with E-state index in [1.54, 1.807) is 13.3 Å². The van der Waals surface area contributed by atoms with E-state index in [-0.39, 0.29) is 11.6 Å². The summed E-state index contributed by atoms with van der Waals surface area (Å²) in [5, 5.41) is 12.7. The van der Waals surface area contributed by atoms with Crippen molar-refractivity contribution in [2.45, 2.75) is 45.3 Å². The van der Waals surface area contributed by atoms with Crippen LogP contribution in [0.1, 0.15) is 49.3 Å². The molecule has 0 N–H and O–H groups in total. The van der Waals surface area contributed by atoms with Crippen molar-refractivity contribution in [2.75, 3.05) is 13.7 Å². The highest BCUT2D eigenvalue weighted by Crippen LogP contribution is 2.36. The molecule has 1 aliphatic heterocycles. The van der Waals surface area contributed by atoms with Gasteiger partial charge in [-0.05, 0) is 54.8 Å². The molecule has 7 nitrogen and oxygen atoms in total. The fraction of sp³-hybridized carbons (Fsp3) is 0.429. The molecule has 0 bridgehead atoms. The number of rotatable bonds is 4. The summed E-state index contributed by atoms with van der Waals surface area (Å²) in [6.45, 7) is 8.06. The van der Waals surface area contributed by atoms with Crippen LogP contribution in [0.5, 0.6) is 5.88 Å². The second-order valence-electron chi connectivity index (χ2n) is 8.11.